The zero-order valence-electron chi connectivity index (χ0n) is 43.1. The van der Waals surface area contributed by atoms with Crippen molar-refractivity contribution in [2.45, 2.75) is 117 Å². The average molecular weight is 925 g/mol. The van der Waals surface area contributed by atoms with E-state index >= 15 is 0 Å². The van der Waals surface area contributed by atoms with Gasteiger partial charge in [0.2, 0.25) is 0 Å². The predicted octanol–water partition coefficient (Wildman–Crippen LogP) is 16.9. The molecule has 344 valence electrons. The van der Waals surface area contributed by atoms with Gasteiger partial charge in [0.15, 0.2) is 0 Å². The summed E-state index contributed by atoms with van der Waals surface area (Å²) < 4.78 is 5.39. The third-order valence-corrected chi connectivity index (χ3v) is 18.5. The Balaban J connectivity index is 1.22. The molecule has 0 atom stereocenters. The molecule has 0 saturated heterocycles. The van der Waals surface area contributed by atoms with Gasteiger partial charge in [0.05, 0.1) is 11.0 Å². The fourth-order valence-electron chi connectivity index (χ4n) is 13.6. The van der Waals surface area contributed by atoms with Gasteiger partial charge in [-0.3, -0.25) is 0 Å². The molecular weight excluding hydrogens is 864 g/mol. The highest BCUT2D eigenvalue weighted by Crippen LogP contribution is 2.61. The molecule has 14 rings (SSSR count). The van der Waals surface area contributed by atoms with Crippen LogP contribution >= 0.6 is 11.3 Å². The van der Waals surface area contributed by atoms with Crippen LogP contribution in [0.2, 0.25) is 0 Å². The fraction of sp³-hybridized carbons (Fsp3) is 0.273. The van der Waals surface area contributed by atoms with Crippen LogP contribution in [0.5, 0.6) is 0 Å². The topological polar surface area (TPSA) is 8.17 Å². The van der Waals surface area contributed by atoms with Gasteiger partial charge < -0.3 is 9.38 Å². The molecule has 2 nitrogen and oxygen atoms in total. The Kier molecular flexibility index (Phi) is 8.10. The molecule has 2 aliphatic heterocycles. The Bertz CT molecular complexity index is 4000. The van der Waals surface area contributed by atoms with Crippen LogP contribution < -0.4 is 15.7 Å². The molecule has 0 N–H and O–H groups in total. The summed E-state index contributed by atoms with van der Waals surface area (Å²) >= 11 is 1.93. The van der Waals surface area contributed by atoms with Crippen LogP contribution in [-0.4, -0.2) is 11.4 Å². The second-order valence-corrected chi connectivity index (χ2v) is 26.5. The number of rotatable bonds is 1. The summed E-state index contributed by atoms with van der Waals surface area (Å²) in [5, 5.41) is 5.45. The number of aromatic nitrogens is 1. The molecule has 10 aromatic rings. The monoisotopic (exact) mass is 924 g/mol. The number of thiophene rings is 1. The first-order valence-electron chi connectivity index (χ1n) is 25.6. The molecule has 0 bridgehead atoms. The molecule has 8 aromatic carbocycles. The van der Waals surface area contributed by atoms with Crippen molar-refractivity contribution in [2.24, 2.45) is 0 Å². The summed E-state index contributed by atoms with van der Waals surface area (Å²) in [5.41, 5.74) is 26.9. The Morgan fingerprint density at radius 2 is 1.13 bits per heavy atom. The van der Waals surface area contributed by atoms with Gasteiger partial charge in [-0.05, 0) is 142 Å². The van der Waals surface area contributed by atoms with Crippen LogP contribution in [0, 0.1) is 0 Å². The maximum atomic E-state index is 2.78. The van der Waals surface area contributed by atoms with Gasteiger partial charge in [0, 0.05) is 64.4 Å². The van der Waals surface area contributed by atoms with Crippen molar-refractivity contribution in [3.63, 3.8) is 0 Å². The minimum absolute atomic E-state index is 0.0185. The maximum Gasteiger partial charge on any atom is 0.333 e. The van der Waals surface area contributed by atoms with E-state index in [9.17, 15) is 0 Å². The van der Waals surface area contributed by atoms with Crippen LogP contribution in [0.1, 0.15) is 129 Å². The predicted molar refractivity (Wildman–Crippen MR) is 304 cm³/mol. The van der Waals surface area contributed by atoms with Crippen LogP contribution in [-0.2, 0) is 27.1 Å². The lowest BCUT2D eigenvalue weighted by atomic mass is 9.43. The molecule has 0 fully saturated rings. The molecule has 4 aliphatic rings. The molecule has 0 spiro atoms. The number of anilines is 2. The number of hydrogen-bond donors (Lipinski definition) is 0. The number of benzene rings is 8. The highest BCUT2D eigenvalue weighted by molar-refractivity contribution is 7.26. The summed E-state index contributed by atoms with van der Waals surface area (Å²) in [7, 11) is 0. The summed E-state index contributed by atoms with van der Waals surface area (Å²) in [6.45, 7) is 30.9. The third-order valence-electron chi connectivity index (χ3n) is 17.4. The Morgan fingerprint density at radius 3 is 1.87 bits per heavy atom. The van der Waals surface area contributed by atoms with E-state index in [0.29, 0.717) is 0 Å². The summed E-state index contributed by atoms with van der Waals surface area (Å²) in [4.78, 5) is 2.78. The van der Waals surface area contributed by atoms with Crippen molar-refractivity contribution in [1.29, 1.82) is 0 Å². The van der Waals surface area contributed by atoms with Crippen molar-refractivity contribution in [3.8, 4) is 39.1 Å². The summed E-state index contributed by atoms with van der Waals surface area (Å²) in [6, 6.07) is 53.3. The quantitative estimate of drug-likeness (QED) is 0.149. The zero-order chi connectivity index (χ0) is 48.5. The molecule has 2 aliphatic carbocycles. The maximum absolute atomic E-state index is 2.78. The number of fused-ring (bicyclic) bond motifs is 19. The van der Waals surface area contributed by atoms with E-state index in [2.05, 4.69) is 233 Å². The highest BCUT2D eigenvalue weighted by Gasteiger charge is 2.51. The first kappa shape index (κ1) is 42.5. The van der Waals surface area contributed by atoms with Gasteiger partial charge in [0.25, 0.3) is 0 Å². The molecule has 0 saturated carbocycles. The van der Waals surface area contributed by atoms with Gasteiger partial charge in [-0.2, -0.15) is 0 Å². The number of nitrogens with zero attached hydrogens (tertiary/aromatic N) is 2. The van der Waals surface area contributed by atoms with Gasteiger partial charge in [0.1, 0.15) is 0 Å². The Labute approximate surface area is 418 Å². The molecule has 0 unspecified atom stereocenters. The lowest BCUT2D eigenvalue weighted by Crippen LogP contribution is -2.60. The van der Waals surface area contributed by atoms with Crippen molar-refractivity contribution in [3.05, 3.63) is 172 Å². The van der Waals surface area contributed by atoms with Gasteiger partial charge in [-0.15, -0.1) is 11.3 Å². The minimum atomic E-state index is -0.252. The van der Waals surface area contributed by atoms with Gasteiger partial charge in [-0.25, -0.2) is 0 Å². The van der Waals surface area contributed by atoms with Gasteiger partial charge >= 0.3 is 6.85 Å². The zero-order valence-corrected chi connectivity index (χ0v) is 43.9. The SMILES string of the molecule is CC(C)(C)c1ccc(N2B3c4cc5c(cc4-n4c6ccc(C(C)(C)C)cc6c6c7c(c(c3c64)-c3cc4c(cc32)C(C)(C)c2cc(C(C)(C)C)ccc2-4)-c2ccccc2C7(C)C)sc2ccccc25)cc1. The van der Waals surface area contributed by atoms with E-state index in [1.807, 2.05) is 11.3 Å². The van der Waals surface area contributed by atoms with Crippen molar-refractivity contribution in [2.75, 3.05) is 4.81 Å². The summed E-state index contributed by atoms with van der Waals surface area (Å²) in [5.74, 6) is 0. The molecule has 0 amide bonds. The van der Waals surface area contributed by atoms with Crippen molar-refractivity contribution < 1.29 is 0 Å². The van der Waals surface area contributed by atoms with Crippen LogP contribution in [0.15, 0.2) is 133 Å². The standard InChI is InChI=1S/C66H61BN2S/c1-62(2,3)36-22-26-39(27-23-36)69-52-34-49-43(40-28-24-38(64(7,8)9)31-48(40)65(49,10)11)32-46(52)57-56-42-19-14-16-20-47(42)66(12,13)59(56)58-45-30-37(63(4,5)6)25-29-51(45)68-53-35-55-44(41-18-15-17-21-54(41)70-55)33-50(53)67(69)60(57)61(58)68/h14-35H,1-13H3. The molecule has 4 heteroatoms. The second kappa shape index (κ2) is 13.3. The largest absolute Gasteiger partial charge is 0.376 e. The smallest absolute Gasteiger partial charge is 0.333 e. The fourth-order valence-corrected chi connectivity index (χ4v) is 14.8. The van der Waals surface area contributed by atoms with E-state index in [4.69, 9.17) is 0 Å². The van der Waals surface area contributed by atoms with E-state index < -0.39 is 0 Å². The normalized spacial score (nSPS) is 16.0. The number of hydrogen-bond acceptors (Lipinski definition) is 2. The highest BCUT2D eigenvalue weighted by atomic mass is 32.1. The lowest BCUT2D eigenvalue weighted by Gasteiger charge is -2.44. The van der Waals surface area contributed by atoms with E-state index in [1.165, 1.54) is 142 Å². The molecule has 0 radical (unpaired) electrons. The molecule has 4 heterocycles. The van der Waals surface area contributed by atoms with Crippen molar-refractivity contribution >= 4 is 82.5 Å². The van der Waals surface area contributed by atoms with E-state index in [0.717, 1.165) is 0 Å². The first-order chi connectivity index (χ1) is 33.1. The van der Waals surface area contributed by atoms with E-state index in [1.54, 1.807) is 0 Å². The van der Waals surface area contributed by atoms with Gasteiger partial charge in [-0.1, -0.05) is 175 Å². The van der Waals surface area contributed by atoms with Crippen LogP contribution in [0.4, 0.5) is 11.4 Å². The van der Waals surface area contributed by atoms with Crippen molar-refractivity contribution in [1.82, 2.24) is 4.57 Å². The van der Waals surface area contributed by atoms with E-state index in [-0.39, 0.29) is 33.9 Å². The van der Waals surface area contributed by atoms with Crippen LogP contribution in [0.25, 0.3) is 81.0 Å². The Morgan fingerprint density at radius 1 is 0.471 bits per heavy atom. The Hall–Kier alpha value is -6.36. The first-order valence-corrected chi connectivity index (χ1v) is 26.4. The average Bonchev–Trinajstić information content (AvgIpc) is 3.99. The minimum Gasteiger partial charge on any atom is -0.376 e. The molecule has 2 aromatic heterocycles. The molecule has 70 heavy (non-hydrogen) atoms. The summed E-state index contributed by atoms with van der Waals surface area (Å²) in [6.07, 6.45) is 0. The third kappa shape index (κ3) is 5.36. The van der Waals surface area contributed by atoms with Crippen LogP contribution in [0.3, 0.4) is 0 Å². The second-order valence-electron chi connectivity index (χ2n) is 25.4. The lowest BCUT2D eigenvalue weighted by molar-refractivity contribution is 0.584. The molecular formula is C66H61BN2S.